The highest BCUT2D eigenvalue weighted by atomic mass is 16.5. The number of rotatable bonds is 16. The van der Waals surface area contributed by atoms with E-state index in [1.165, 1.54) is 50.6 Å². The number of methoxy groups -OCH3 is 7. The third kappa shape index (κ3) is 14.7. The summed E-state index contributed by atoms with van der Waals surface area (Å²) in [6.45, 7) is 11.5. The van der Waals surface area contributed by atoms with Crippen LogP contribution in [0.1, 0.15) is 33.4 Å². The molecular formula is C76H71N9O15. The third-order valence-corrected chi connectivity index (χ3v) is 16.5. The van der Waals surface area contributed by atoms with Crippen molar-refractivity contribution in [1.82, 2.24) is 44.9 Å². The number of benzene rings is 9. The summed E-state index contributed by atoms with van der Waals surface area (Å²) < 4.78 is 37.6. The molecule has 3 aromatic heterocycles. The molecule has 12 aromatic rings. The standard InChI is InChI=1S/C28H29N3O4.C26H25N3O5.C22H17N3O6/c1-14-8-9-20(24(32)15(14)2)27-29-26(19-10-12-22(34-6)17(4)16(19)3)30-28(31-27)21-11-13-23(35-7)18(5)25(21)33;1-15-6-9-19(22(12-15)33-4)25-27-24(18-10-7-16(31-2)13-21(18)30)28-26(29-25)20-11-8-17(32-3)14-23(20)34-5;1-31-13-4-7-16(19(30)10-13)22-24-20(14-5-2-11(26)8-17(14)28)23-21(25-22)15-6-3-12(27)9-18(15)29/h8-13,32-33H,1-7H3;6-14,30H,1-5H3;2-10,26-30H,1H3. The van der Waals surface area contributed by atoms with Crippen LogP contribution in [0, 0.1) is 41.5 Å². The molecule has 8 N–H and O–H groups in total. The minimum absolute atomic E-state index is 0.0139. The first kappa shape index (κ1) is 69.8. The Labute approximate surface area is 575 Å². The maximum atomic E-state index is 10.9. The van der Waals surface area contributed by atoms with Gasteiger partial charge in [0.25, 0.3) is 0 Å². The molecular weight excluding hydrogens is 1280 g/mol. The SMILES string of the molecule is COc1ccc(-c2nc(-c3ccc(C)c(C)c3O)nc(-c3ccc(OC)c(C)c3O)n2)c(C)c1C.COc1ccc(-c2nc(-c3ccc(C)cc3OC)nc(-c3ccc(OC)cc3OC)n2)c(O)c1.COc1ccc(-c2nc(-c3ccc(O)cc3O)nc(-c3ccc(O)cc3O)n2)c(O)c1. The van der Waals surface area contributed by atoms with E-state index in [1.54, 1.807) is 97.1 Å². The monoisotopic (exact) mass is 1350 g/mol. The highest BCUT2D eigenvalue weighted by Gasteiger charge is 2.25. The third-order valence-electron chi connectivity index (χ3n) is 16.5. The summed E-state index contributed by atoms with van der Waals surface area (Å²) in [6.07, 6.45) is 0. The van der Waals surface area contributed by atoms with Gasteiger partial charge in [0.2, 0.25) is 0 Å². The molecule has 12 rings (SSSR count). The van der Waals surface area contributed by atoms with Gasteiger partial charge in [-0.3, -0.25) is 0 Å². The van der Waals surface area contributed by atoms with E-state index in [0.29, 0.717) is 103 Å². The number of ether oxygens (including phenoxy) is 7. The summed E-state index contributed by atoms with van der Waals surface area (Å²) in [4.78, 5) is 41.3. The Morgan fingerprint density at radius 2 is 0.530 bits per heavy atom. The molecule has 100 heavy (non-hydrogen) atoms. The summed E-state index contributed by atoms with van der Waals surface area (Å²) in [5.41, 5.74) is 9.47. The first-order valence-electron chi connectivity index (χ1n) is 30.8. The molecule has 0 atom stereocenters. The maximum absolute atomic E-state index is 10.9. The lowest BCUT2D eigenvalue weighted by molar-refractivity contribution is 0.395. The van der Waals surface area contributed by atoms with Crippen molar-refractivity contribution in [2.24, 2.45) is 0 Å². The van der Waals surface area contributed by atoms with E-state index in [-0.39, 0.29) is 80.2 Å². The van der Waals surface area contributed by atoms with Gasteiger partial charge in [0.1, 0.15) is 86.2 Å². The van der Waals surface area contributed by atoms with E-state index < -0.39 is 0 Å². The van der Waals surface area contributed by atoms with Crippen LogP contribution in [0.5, 0.6) is 86.2 Å². The molecule has 0 bridgehead atoms. The summed E-state index contributed by atoms with van der Waals surface area (Å²) in [6, 6.07) is 39.5. The lowest BCUT2D eigenvalue weighted by atomic mass is 10.0. The highest BCUT2D eigenvalue weighted by molar-refractivity contribution is 5.79. The number of phenolic OH excluding ortho intramolecular Hbond substituents is 8. The molecule has 0 radical (unpaired) electrons. The molecule has 24 nitrogen and oxygen atoms in total. The number of nitrogens with zero attached hydrogens (tertiary/aromatic N) is 9. The zero-order valence-corrected chi connectivity index (χ0v) is 56.8. The molecule has 0 amide bonds. The van der Waals surface area contributed by atoms with Gasteiger partial charge in [-0.25, -0.2) is 44.9 Å². The normalized spacial score (nSPS) is 10.8. The summed E-state index contributed by atoms with van der Waals surface area (Å²) in [5.74, 6) is 5.52. The van der Waals surface area contributed by atoms with Crippen molar-refractivity contribution in [2.75, 3.05) is 49.8 Å². The van der Waals surface area contributed by atoms with Crippen LogP contribution in [0.25, 0.3) is 102 Å². The van der Waals surface area contributed by atoms with Crippen LogP contribution >= 0.6 is 0 Å². The summed E-state index contributed by atoms with van der Waals surface area (Å²) in [7, 11) is 10.9. The fourth-order valence-electron chi connectivity index (χ4n) is 10.6. The minimum atomic E-state index is -0.267. The van der Waals surface area contributed by atoms with Gasteiger partial charge in [-0.2, -0.15) is 0 Å². The van der Waals surface area contributed by atoms with E-state index in [9.17, 15) is 40.9 Å². The zero-order valence-electron chi connectivity index (χ0n) is 56.8. The number of aromatic hydroxyl groups is 8. The number of aryl methyl sites for hydroxylation is 2. The van der Waals surface area contributed by atoms with Crippen molar-refractivity contribution in [3.63, 3.8) is 0 Å². The molecule has 3 heterocycles. The quantitative estimate of drug-likeness (QED) is 0.0445. The van der Waals surface area contributed by atoms with Crippen LogP contribution in [0.2, 0.25) is 0 Å². The first-order valence-corrected chi connectivity index (χ1v) is 30.8. The van der Waals surface area contributed by atoms with Gasteiger partial charge in [-0.15, -0.1) is 0 Å². The van der Waals surface area contributed by atoms with Gasteiger partial charge < -0.3 is 74.0 Å². The molecule has 0 saturated heterocycles. The van der Waals surface area contributed by atoms with Crippen LogP contribution in [0.15, 0.2) is 146 Å². The van der Waals surface area contributed by atoms with Crippen LogP contribution in [-0.2, 0) is 0 Å². The lowest BCUT2D eigenvalue weighted by Gasteiger charge is -2.15. The lowest BCUT2D eigenvalue weighted by Crippen LogP contribution is -2.03. The van der Waals surface area contributed by atoms with Crippen molar-refractivity contribution in [1.29, 1.82) is 0 Å². The minimum Gasteiger partial charge on any atom is -0.508 e. The fourth-order valence-corrected chi connectivity index (χ4v) is 10.6. The van der Waals surface area contributed by atoms with Crippen molar-refractivity contribution >= 4 is 0 Å². The van der Waals surface area contributed by atoms with Crippen LogP contribution in [0.3, 0.4) is 0 Å². The van der Waals surface area contributed by atoms with E-state index >= 15 is 0 Å². The Kier molecular flexibility index (Phi) is 20.9. The Bertz CT molecular complexity index is 4920. The molecule has 510 valence electrons. The number of phenols is 8. The van der Waals surface area contributed by atoms with Crippen LogP contribution in [0.4, 0.5) is 0 Å². The highest BCUT2D eigenvalue weighted by Crippen LogP contribution is 2.43. The summed E-state index contributed by atoms with van der Waals surface area (Å²) >= 11 is 0. The number of hydrogen-bond acceptors (Lipinski definition) is 24. The van der Waals surface area contributed by atoms with Gasteiger partial charge in [0, 0.05) is 41.5 Å². The second-order valence-electron chi connectivity index (χ2n) is 22.6. The fraction of sp³-hybridized carbons (Fsp3) is 0.171. The molecule has 24 heteroatoms. The Morgan fingerprint density at radius 3 is 0.930 bits per heavy atom. The first-order chi connectivity index (χ1) is 48.0. The Balaban J connectivity index is 0.000000162. The van der Waals surface area contributed by atoms with E-state index in [4.69, 9.17) is 48.1 Å². The average molecular weight is 1350 g/mol. The molecule has 0 fully saturated rings. The molecule has 0 saturated carbocycles. The molecule has 0 aliphatic heterocycles. The Hall–Kier alpha value is -13.0. The molecule has 0 aliphatic rings. The zero-order chi connectivity index (χ0) is 71.8. The predicted molar refractivity (Wildman–Crippen MR) is 376 cm³/mol. The maximum Gasteiger partial charge on any atom is 0.167 e. The van der Waals surface area contributed by atoms with Crippen molar-refractivity contribution in [2.45, 2.75) is 41.5 Å². The molecule has 0 aliphatic carbocycles. The van der Waals surface area contributed by atoms with Crippen molar-refractivity contribution < 1.29 is 74.0 Å². The van der Waals surface area contributed by atoms with Gasteiger partial charge in [-0.1, -0.05) is 12.1 Å². The average Bonchev–Trinajstić information content (AvgIpc) is 0.786. The van der Waals surface area contributed by atoms with Crippen LogP contribution in [-0.4, -0.2) is 135 Å². The van der Waals surface area contributed by atoms with Gasteiger partial charge >= 0.3 is 0 Å². The predicted octanol–water partition coefficient (Wildman–Crippen LogP) is 14.2. The van der Waals surface area contributed by atoms with Crippen LogP contribution < -0.4 is 33.2 Å². The number of hydrogen-bond donors (Lipinski definition) is 8. The van der Waals surface area contributed by atoms with Gasteiger partial charge in [0.05, 0.1) is 94.3 Å². The second kappa shape index (κ2) is 30.0. The molecule has 0 unspecified atom stereocenters. The van der Waals surface area contributed by atoms with Crippen molar-refractivity contribution in [3.05, 3.63) is 179 Å². The van der Waals surface area contributed by atoms with Gasteiger partial charge in [-0.05, 0) is 172 Å². The molecule has 0 spiro atoms. The Morgan fingerprint density at radius 1 is 0.230 bits per heavy atom. The topological polar surface area (TPSA) is 342 Å². The summed E-state index contributed by atoms with van der Waals surface area (Å²) in [5, 5.41) is 82.7. The second-order valence-corrected chi connectivity index (χ2v) is 22.6. The van der Waals surface area contributed by atoms with E-state index in [1.807, 2.05) is 77.1 Å². The smallest absolute Gasteiger partial charge is 0.167 e. The van der Waals surface area contributed by atoms with Crippen molar-refractivity contribution in [3.8, 4) is 189 Å². The van der Waals surface area contributed by atoms with Gasteiger partial charge in [0.15, 0.2) is 52.4 Å². The molecule has 9 aromatic carbocycles. The van der Waals surface area contributed by atoms with E-state index in [2.05, 4.69) is 29.9 Å². The largest absolute Gasteiger partial charge is 0.508 e. The number of aromatic nitrogens is 9. The van der Waals surface area contributed by atoms with E-state index in [0.717, 1.165) is 51.3 Å².